The standard InChI is InChI=1S/C13H15N3O/c1-10(17)12-4-2-3-5-13(12)15-8-11-6-7-14-9-16-11/h2-7,9-10,15,17H,8H2,1H3. The van der Waals surface area contributed by atoms with Crippen molar-refractivity contribution in [2.45, 2.75) is 19.6 Å². The zero-order chi connectivity index (χ0) is 12.1. The molecule has 0 amide bonds. The predicted molar refractivity (Wildman–Crippen MR) is 66.4 cm³/mol. The Bertz CT molecular complexity index is 471. The van der Waals surface area contributed by atoms with Gasteiger partial charge in [0.15, 0.2) is 0 Å². The van der Waals surface area contributed by atoms with Gasteiger partial charge in [0.05, 0.1) is 18.3 Å². The summed E-state index contributed by atoms with van der Waals surface area (Å²) in [4.78, 5) is 8.00. The molecule has 1 atom stereocenters. The minimum atomic E-state index is -0.482. The summed E-state index contributed by atoms with van der Waals surface area (Å²) in [7, 11) is 0. The van der Waals surface area contributed by atoms with E-state index in [4.69, 9.17) is 0 Å². The van der Waals surface area contributed by atoms with Crippen molar-refractivity contribution in [2.75, 3.05) is 5.32 Å². The van der Waals surface area contributed by atoms with Gasteiger partial charge in [-0.3, -0.25) is 0 Å². The van der Waals surface area contributed by atoms with E-state index in [-0.39, 0.29) is 0 Å². The molecule has 4 heteroatoms. The summed E-state index contributed by atoms with van der Waals surface area (Å²) < 4.78 is 0. The summed E-state index contributed by atoms with van der Waals surface area (Å²) >= 11 is 0. The summed E-state index contributed by atoms with van der Waals surface area (Å²) in [6.45, 7) is 2.37. The number of para-hydroxylation sites is 1. The number of hydrogen-bond donors (Lipinski definition) is 2. The van der Waals surface area contributed by atoms with Crippen LogP contribution in [0.2, 0.25) is 0 Å². The summed E-state index contributed by atoms with van der Waals surface area (Å²) in [6, 6.07) is 9.57. The van der Waals surface area contributed by atoms with Crippen LogP contribution in [0.1, 0.15) is 24.3 Å². The molecule has 0 radical (unpaired) electrons. The number of nitrogens with one attached hydrogen (secondary N) is 1. The topological polar surface area (TPSA) is 58.0 Å². The van der Waals surface area contributed by atoms with Gasteiger partial charge in [-0.1, -0.05) is 18.2 Å². The summed E-state index contributed by atoms with van der Waals surface area (Å²) in [5, 5.41) is 12.9. The molecule has 0 fully saturated rings. The van der Waals surface area contributed by atoms with Gasteiger partial charge in [-0.2, -0.15) is 0 Å². The van der Waals surface area contributed by atoms with E-state index in [1.54, 1.807) is 13.1 Å². The first-order chi connectivity index (χ1) is 8.27. The molecule has 1 heterocycles. The van der Waals surface area contributed by atoms with E-state index >= 15 is 0 Å². The second kappa shape index (κ2) is 5.41. The van der Waals surface area contributed by atoms with Crippen LogP contribution >= 0.6 is 0 Å². The van der Waals surface area contributed by atoms with E-state index in [0.717, 1.165) is 16.9 Å². The number of nitrogens with zero attached hydrogens (tertiary/aromatic N) is 2. The second-order valence-corrected chi connectivity index (χ2v) is 3.82. The lowest BCUT2D eigenvalue weighted by molar-refractivity contribution is 0.200. The smallest absolute Gasteiger partial charge is 0.115 e. The highest BCUT2D eigenvalue weighted by Gasteiger charge is 2.06. The van der Waals surface area contributed by atoms with Gasteiger partial charge in [0.25, 0.3) is 0 Å². The first-order valence-corrected chi connectivity index (χ1v) is 5.53. The van der Waals surface area contributed by atoms with Gasteiger partial charge in [-0.05, 0) is 19.1 Å². The van der Waals surface area contributed by atoms with Crippen molar-refractivity contribution in [1.29, 1.82) is 0 Å². The lowest BCUT2D eigenvalue weighted by Crippen LogP contribution is -2.05. The van der Waals surface area contributed by atoms with Crippen LogP contribution in [0.4, 0.5) is 5.69 Å². The molecule has 1 aromatic carbocycles. The highest BCUT2D eigenvalue weighted by atomic mass is 16.3. The number of rotatable bonds is 4. The summed E-state index contributed by atoms with van der Waals surface area (Å²) in [5.41, 5.74) is 2.74. The van der Waals surface area contributed by atoms with Crippen molar-refractivity contribution in [1.82, 2.24) is 9.97 Å². The minimum absolute atomic E-state index is 0.482. The Labute approximate surface area is 100 Å². The van der Waals surface area contributed by atoms with Gasteiger partial charge in [0.1, 0.15) is 6.33 Å². The van der Waals surface area contributed by atoms with Crippen LogP contribution in [0.15, 0.2) is 42.9 Å². The maximum Gasteiger partial charge on any atom is 0.115 e. The van der Waals surface area contributed by atoms with Crippen LogP contribution in [0.5, 0.6) is 0 Å². The minimum Gasteiger partial charge on any atom is -0.389 e. The number of anilines is 1. The molecular formula is C13H15N3O. The molecule has 0 aliphatic heterocycles. The van der Waals surface area contributed by atoms with E-state index in [1.807, 2.05) is 30.3 Å². The Morgan fingerprint density at radius 1 is 1.29 bits per heavy atom. The highest BCUT2D eigenvalue weighted by Crippen LogP contribution is 2.22. The van der Waals surface area contributed by atoms with Crippen LogP contribution in [-0.2, 0) is 6.54 Å². The quantitative estimate of drug-likeness (QED) is 0.843. The molecule has 0 saturated carbocycles. The van der Waals surface area contributed by atoms with E-state index in [0.29, 0.717) is 6.54 Å². The molecule has 0 saturated heterocycles. The third kappa shape index (κ3) is 3.01. The fourth-order valence-electron chi connectivity index (χ4n) is 1.63. The van der Waals surface area contributed by atoms with Crippen LogP contribution in [-0.4, -0.2) is 15.1 Å². The molecule has 2 aromatic rings. The van der Waals surface area contributed by atoms with Crippen molar-refractivity contribution in [3.8, 4) is 0 Å². The van der Waals surface area contributed by atoms with E-state index in [2.05, 4.69) is 15.3 Å². The number of hydrogen-bond acceptors (Lipinski definition) is 4. The molecule has 2 rings (SSSR count). The molecule has 2 N–H and O–H groups in total. The number of aliphatic hydroxyl groups excluding tert-OH is 1. The van der Waals surface area contributed by atoms with Crippen LogP contribution in [0.25, 0.3) is 0 Å². The largest absolute Gasteiger partial charge is 0.389 e. The van der Waals surface area contributed by atoms with Gasteiger partial charge < -0.3 is 10.4 Å². The van der Waals surface area contributed by atoms with Crippen LogP contribution in [0.3, 0.4) is 0 Å². The highest BCUT2D eigenvalue weighted by molar-refractivity contribution is 5.52. The fraction of sp³-hybridized carbons (Fsp3) is 0.231. The Hall–Kier alpha value is -1.94. The first-order valence-electron chi connectivity index (χ1n) is 5.53. The van der Waals surface area contributed by atoms with E-state index in [9.17, 15) is 5.11 Å². The number of aliphatic hydroxyl groups is 1. The van der Waals surface area contributed by atoms with Crippen molar-refractivity contribution in [3.63, 3.8) is 0 Å². The molecule has 4 nitrogen and oxygen atoms in total. The molecule has 0 aliphatic carbocycles. The molecule has 0 spiro atoms. The monoisotopic (exact) mass is 229 g/mol. The normalized spacial score (nSPS) is 12.1. The Morgan fingerprint density at radius 3 is 2.82 bits per heavy atom. The van der Waals surface area contributed by atoms with Gasteiger partial charge in [0.2, 0.25) is 0 Å². The van der Waals surface area contributed by atoms with Crippen molar-refractivity contribution >= 4 is 5.69 Å². The average Bonchev–Trinajstić information content (AvgIpc) is 2.38. The number of aromatic nitrogens is 2. The van der Waals surface area contributed by atoms with Crippen molar-refractivity contribution < 1.29 is 5.11 Å². The van der Waals surface area contributed by atoms with Gasteiger partial charge in [-0.25, -0.2) is 9.97 Å². The molecule has 1 aromatic heterocycles. The third-order valence-corrected chi connectivity index (χ3v) is 2.51. The van der Waals surface area contributed by atoms with Gasteiger partial charge in [-0.15, -0.1) is 0 Å². The fourth-order valence-corrected chi connectivity index (χ4v) is 1.63. The summed E-state index contributed by atoms with van der Waals surface area (Å²) in [6.07, 6.45) is 2.76. The third-order valence-electron chi connectivity index (χ3n) is 2.51. The summed E-state index contributed by atoms with van der Waals surface area (Å²) in [5.74, 6) is 0. The zero-order valence-corrected chi connectivity index (χ0v) is 9.67. The van der Waals surface area contributed by atoms with Crippen molar-refractivity contribution in [2.24, 2.45) is 0 Å². The SMILES string of the molecule is CC(O)c1ccccc1NCc1ccncn1. The van der Waals surface area contributed by atoms with Gasteiger partial charge in [0, 0.05) is 17.4 Å². The molecule has 0 aliphatic rings. The Morgan fingerprint density at radius 2 is 2.12 bits per heavy atom. The first kappa shape index (κ1) is 11.5. The van der Waals surface area contributed by atoms with E-state index in [1.165, 1.54) is 6.33 Å². The van der Waals surface area contributed by atoms with Gasteiger partial charge >= 0.3 is 0 Å². The number of benzene rings is 1. The Kier molecular flexibility index (Phi) is 3.67. The lowest BCUT2D eigenvalue weighted by atomic mass is 10.1. The van der Waals surface area contributed by atoms with Crippen LogP contribution in [0, 0.1) is 0 Å². The maximum absolute atomic E-state index is 9.64. The molecule has 88 valence electrons. The van der Waals surface area contributed by atoms with E-state index < -0.39 is 6.10 Å². The Balaban J connectivity index is 2.09. The lowest BCUT2D eigenvalue weighted by Gasteiger charge is -2.13. The molecule has 1 unspecified atom stereocenters. The maximum atomic E-state index is 9.64. The molecule has 0 bridgehead atoms. The second-order valence-electron chi connectivity index (χ2n) is 3.82. The molecular weight excluding hydrogens is 214 g/mol. The zero-order valence-electron chi connectivity index (χ0n) is 9.67. The van der Waals surface area contributed by atoms with Crippen LogP contribution < -0.4 is 5.32 Å². The average molecular weight is 229 g/mol. The predicted octanol–water partition coefficient (Wildman–Crippen LogP) is 2.14. The molecule has 17 heavy (non-hydrogen) atoms. The van der Waals surface area contributed by atoms with Crippen molar-refractivity contribution in [3.05, 3.63) is 54.1 Å².